The molecular formula is C18H23N3O4S2. The Kier molecular flexibility index (Phi) is 7.23. The molecule has 0 saturated carbocycles. The fourth-order valence-electron chi connectivity index (χ4n) is 2.21. The lowest BCUT2D eigenvalue weighted by molar-refractivity contribution is -0.120. The number of methoxy groups -OCH3 is 1. The number of rotatable bonds is 8. The highest BCUT2D eigenvalue weighted by atomic mass is 32.2. The molecule has 2 rings (SSSR count). The molecule has 0 unspecified atom stereocenters. The second-order valence-electron chi connectivity index (χ2n) is 5.91. The van der Waals surface area contributed by atoms with Crippen molar-refractivity contribution in [1.29, 1.82) is 0 Å². The highest BCUT2D eigenvalue weighted by molar-refractivity contribution is 8.00. The average molecular weight is 410 g/mol. The maximum atomic E-state index is 12.3. The summed E-state index contributed by atoms with van der Waals surface area (Å²) < 4.78 is 30.5. The number of hydrogen-bond acceptors (Lipinski definition) is 6. The van der Waals surface area contributed by atoms with E-state index >= 15 is 0 Å². The Labute approximate surface area is 164 Å². The van der Waals surface area contributed by atoms with E-state index < -0.39 is 10.0 Å². The molecule has 1 aromatic heterocycles. The van der Waals surface area contributed by atoms with Crippen LogP contribution in [-0.2, 0) is 21.4 Å². The molecule has 1 aromatic carbocycles. The van der Waals surface area contributed by atoms with Crippen molar-refractivity contribution in [3.8, 4) is 5.75 Å². The number of nitrogens with zero attached hydrogens (tertiary/aromatic N) is 2. The number of sulfonamides is 1. The van der Waals surface area contributed by atoms with Gasteiger partial charge in [-0.3, -0.25) is 4.79 Å². The first-order valence-electron chi connectivity index (χ1n) is 8.20. The SMILES string of the molecule is COc1ccccc1CNC(=O)[C@@H](C)Sc1ccc(S(=O)(=O)N(C)C)cn1. The molecule has 1 heterocycles. The minimum atomic E-state index is -3.51. The Balaban J connectivity index is 1.96. The van der Waals surface area contributed by atoms with Gasteiger partial charge in [-0.1, -0.05) is 30.0 Å². The van der Waals surface area contributed by atoms with E-state index in [4.69, 9.17) is 4.74 Å². The quantitative estimate of drug-likeness (QED) is 0.672. The number of benzene rings is 1. The van der Waals surface area contributed by atoms with Gasteiger partial charge in [0.1, 0.15) is 10.6 Å². The molecule has 1 atom stereocenters. The summed E-state index contributed by atoms with van der Waals surface area (Å²) in [5, 5.41) is 3.07. The molecule has 7 nitrogen and oxygen atoms in total. The molecule has 1 amide bonds. The number of pyridine rings is 1. The molecule has 9 heteroatoms. The minimum absolute atomic E-state index is 0.116. The van der Waals surface area contributed by atoms with Crippen LogP contribution in [-0.4, -0.2) is 50.1 Å². The van der Waals surface area contributed by atoms with E-state index in [1.807, 2.05) is 24.3 Å². The van der Waals surface area contributed by atoms with Gasteiger partial charge in [-0.25, -0.2) is 17.7 Å². The summed E-state index contributed by atoms with van der Waals surface area (Å²) >= 11 is 1.26. The number of ether oxygens (including phenoxy) is 1. The molecule has 27 heavy (non-hydrogen) atoms. The third kappa shape index (κ3) is 5.44. The fraction of sp³-hybridized carbons (Fsp3) is 0.333. The van der Waals surface area contributed by atoms with Crippen molar-refractivity contribution >= 4 is 27.7 Å². The summed E-state index contributed by atoms with van der Waals surface area (Å²) in [6, 6.07) is 10.6. The van der Waals surface area contributed by atoms with Crippen molar-refractivity contribution in [2.45, 2.75) is 28.6 Å². The van der Waals surface area contributed by atoms with Gasteiger partial charge < -0.3 is 10.1 Å². The number of aromatic nitrogens is 1. The Morgan fingerprint density at radius 2 is 1.96 bits per heavy atom. The van der Waals surface area contributed by atoms with Gasteiger partial charge in [-0.15, -0.1) is 0 Å². The molecule has 2 aromatic rings. The first-order chi connectivity index (χ1) is 12.8. The summed E-state index contributed by atoms with van der Waals surface area (Å²) in [6.45, 7) is 2.13. The van der Waals surface area contributed by atoms with E-state index in [-0.39, 0.29) is 16.1 Å². The van der Waals surface area contributed by atoms with E-state index in [1.165, 1.54) is 38.1 Å². The van der Waals surface area contributed by atoms with Crippen LogP contribution in [0.4, 0.5) is 0 Å². The van der Waals surface area contributed by atoms with Crippen LogP contribution in [0.2, 0.25) is 0 Å². The second kappa shape index (κ2) is 9.20. The molecule has 0 aliphatic rings. The summed E-state index contributed by atoms with van der Waals surface area (Å²) in [6.07, 6.45) is 1.30. The van der Waals surface area contributed by atoms with Gasteiger partial charge in [0.05, 0.1) is 17.4 Å². The van der Waals surface area contributed by atoms with E-state index in [0.29, 0.717) is 11.6 Å². The predicted molar refractivity (Wildman–Crippen MR) is 105 cm³/mol. The van der Waals surface area contributed by atoms with Crippen LogP contribution in [0.5, 0.6) is 5.75 Å². The van der Waals surface area contributed by atoms with Gasteiger partial charge in [0, 0.05) is 32.4 Å². The third-order valence-electron chi connectivity index (χ3n) is 3.80. The summed E-state index contributed by atoms with van der Waals surface area (Å²) in [4.78, 5) is 16.6. The van der Waals surface area contributed by atoms with Crippen molar-refractivity contribution < 1.29 is 17.9 Å². The van der Waals surface area contributed by atoms with Crippen LogP contribution < -0.4 is 10.1 Å². The fourth-order valence-corrected chi connectivity index (χ4v) is 3.87. The van der Waals surface area contributed by atoms with Gasteiger partial charge >= 0.3 is 0 Å². The normalized spacial score (nSPS) is 12.6. The van der Waals surface area contributed by atoms with Crippen molar-refractivity contribution in [3.05, 3.63) is 48.2 Å². The minimum Gasteiger partial charge on any atom is -0.496 e. The van der Waals surface area contributed by atoms with E-state index in [2.05, 4.69) is 10.3 Å². The summed E-state index contributed by atoms with van der Waals surface area (Å²) in [7, 11) is 1.00. The third-order valence-corrected chi connectivity index (χ3v) is 6.65. The first kappa shape index (κ1) is 21.2. The number of carbonyl (C=O) groups is 1. The number of hydrogen-bond donors (Lipinski definition) is 1. The largest absolute Gasteiger partial charge is 0.496 e. The van der Waals surface area contributed by atoms with E-state index in [0.717, 1.165) is 15.6 Å². The highest BCUT2D eigenvalue weighted by Gasteiger charge is 2.19. The summed E-state index contributed by atoms with van der Waals surface area (Å²) in [5.74, 6) is 0.579. The molecule has 0 saturated heterocycles. The maximum Gasteiger partial charge on any atom is 0.244 e. The zero-order valence-corrected chi connectivity index (χ0v) is 17.3. The van der Waals surface area contributed by atoms with E-state index in [9.17, 15) is 13.2 Å². The van der Waals surface area contributed by atoms with Crippen molar-refractivity contribution in [2.75, 3.05) is 21.2 Å². The molecule has 0 radical (unpaired) electrons. The lowest BCUT2D eigenvalue weighted by Crippen LogP contribution is -2.30. The number of amides is 1. The molecule has 1 N–H and O–H groups in total. The zero-order valence-electron chi connectivity index (χ0n) is 15.7. The van der Waals surface area contributed by atoms with Gasteiger partial charge in [-0.2, -0.15) is 0 Å². The molecule has 0 fully saturated rings. The Morgan fingerprint density at radius 1 is 1.26 bits per heavy atom. The Morgan fingerprint density at radius 3 is 2.56 bits per heavy atom. The standard InChI is InChI=1S/C18H23N3O4S2/c1-13(18(22)20-11-14-7-5-6-8-16(14)25-4)26-17-10-9-15(12-19-17)27(23,24)21(2)3/h5-10,12-13H,11H2,1-4H3,(H,20,22)/t13-/m1/s1. The molecule has 0 aliphatic heterocycles. The van der Waals surface area contributed by atoms with Crippen LogP contribution >= 0.6 is 11.8 Å². The van der Waals surface area contributed by atoms with Crippen molar-refractivity contribution in [2.24, 2.45) is 0 Å². The topological polar surface area (TPSA) is 88.6 Å². The lowest BCUT2D eigenvalue weighted by atomic mass is 10.2. The number of nitrogens with one attached hydrogen (secondary N) is 1. The smallest absolute Gasteiger partial charge is 0.244 e. The molecular weight excluding hydrogens is 386 g/mol. The van der Waals surface area contributed by atoms with Crippen LogP contribution in [0.25, 0.3) is 0 Å². The molecule has 0 aliphatic carbocycles. The number of thioether (sulfide) groups is 1. The lowest BCUT2D eigenvalue weighted by Gasteiger charge is -2.14. The predicted octanol–water partition coefficient (Wildman–Crippen LogP) is 2.14. The first-order valence-corrected chi connectivity index (χ1v) is 10.5. The van der Waals surface area contributed by atoms with Gasteiger partial charge in [0.2, 0.25) is 15.9 Å². The molecule has 0 bridgehead atoms. The maximum absolute atomic E-state index is 12.3. The van der Waals surface area contributed by atoms with E-state index in [1.54, 1.807) is 20.1 Å². The van der Waals surface area contributed by atoms with Gasteiger partial charge in [-0.05, 0) is 25.1 Å². The molecule has 146 valence electrons. The Hall–Kier alpha value is -2.10. The highest BCUT2D eigenvalue weighted by Crippen LogP contribution is 2.23. The number of carbonyl (C=O) groups excluding carboxylic acids is 1. The zero-order chi connectivity index (χ0) is 20.0. The van der Waals surface area contributed by atoms with Crippen LogP contribution in [0.3, 0.4) is 0 Å². The van der Waals surface area contributed by atoms with Crippen molar-refractivity contribution in [1.82, 2.24) is 14.6 Å². The number of para-hydroxylation sites is 1. The van der Waals surface area contributed by atoms with Gasteiger partial charge in [0.25, 0.3) is 0 Å². The van der Waals surface area contributed by atoms with Crippen LogP contribution in [0, 0.1) is 0 Å². The monoisotopic (exact) mass is 409 g/mol. The van der Waals surface area contributed by atoms with Crippen LogP contribution in [0.15, 0.2) is 52.5 Å². The Bertz CT molecular complexity index is 884. The second-order valence-corrected chi connectivity index (χ2v) is 9.42. The molecule has 0 spiro atoms. The average Bonchev–Trinajstić information content (AvgIpc) is 2.66. The van der Waals surface area contributed by atoms with Crippen molar-refractivity contribution in [3.63, 3.8) is 0 Å². The summed E-state index contributed by atoms with van der Waals surface area (Å²) in [5.41, 5.74) is 0.891. The van der Waals surface area contributed by atoms with Crippen LogP contribution in [0.1, 0.15) is 12.5 Å². The van der Waals surface area contributed by atoms with Gasteiger partial charge in [0.15, 0.2) is 0 Å².